The molecule has 0 aliphatic rings. The Kier molecular flexibility index (Phi) is 6.52. The summed E-state index contributed by atoms with van der Waals surface area (Å²) in [6.07, 6.45) is 2.60. The molecule has 6 nitrogen and oxygen atoms in total. The highest BCUT2D eigenvalue weighted by atomic mass is 16.3. The van der Waals surface area contributed by atoms with Crippen LogP contribution >= 0.6 is 0 Å². The molecule has 1 aromatic heterocycles. The Labute approximate surface area is 114 Å². The van der Waals surface area contributed by atoms with Gasteiger partial charge in [-0.1, -0.05) is 13.8 Å². The maximum absolute atomic E-state index is 8.90. The second-order valence-corrected chi connectivity index (χ2v) is 4.85. The molecule has 0 bridgehead atoms. The van der Waals surface area contributed by atoms with E-state index in [4.69, 9.17) is 10.9 Å². The van der Waals surface area contributed by atoms with Crippen LogP contribution in [0.3, 0.4) is 0 Å². The number of nitrogens with two attached hydrogens (primary N) is 1. The van der Waals surface area contributed by atoms with Gasteiger partial charge >= 0.3 is 0 Å². The van der Waals surface area contributed by atoms with Crippen LogP contribution in [-0.4, -0.2) is 28.2 Å². The summed E-state index contributed by atoms with van der Waals surface area (Å²) < 4.78 is 0. The summed E-state index contributed by atoms with van der Waals surface area (Å²) in [7, 11) is 0. The number of nitrogen functional groups attached to an aromatic ring is 1. The maximum atomic E-state index is 8.90. The summed E-state index contributed by atoms with van der Waals surface area (Å²) in [4.78, 5) is 8.90. The number of nitrogens with one attached hydrogen (secondary N) is 2. The number of hydrazine groups is 1. The van der Waals surface area contributed by atoms with Crippen molar-refractivity contribution in [1.82, 2.24) is 9.97 Å². The molecule has 0 amide bonds. The maximum Gasteiger partial charge on any atom is 0.148 e. The number of hydrogen-bond acceptors (Lipinski definition) is 6. The molecule has 0 aliphatic carbocycles. The van der Waals surface area contributed by atoms with Gasteiger partial charge in [0.2, 0.25) is 0 Å². The predicted molar refractivity (Wildman–Crippen MR) is 77.9 cm³/mol. The van der Waals surface area contributed by atoms with E-state index < -0.39 is 0 Å². The minimum Gasteiger partial charge on any atom is -0.396 e. The third-order valence-electron chi connectivity index (χ3n) is 3.04. The van der Waals surface area contributed by atoms with Gasteiger partial charge in [-0.2, -0.15) is 0 Å². The van der Waals surface area contributed by atoms with E-state index in [9.17, 15) is 0 Å². The van der Waals surface area contributed by atoms with E-state index in [2.05, 4.69) is 34.6 Å². The average molecular weight is 267 g/mol. The van der Waals surface area contributed by atoms with Crippen LogP contribution in [0.4, 0.5) is 11.6 Å². The van der Waals surface area contributed by atoms with Crippen molar-refractivity contribution in [2.45, 2.75) is 40.0 Å². The number of aliphatic hydroxyl groups is 1. The first-order valence-electron chi connectivity index (χ1n) is 6.81. The molecule has 108 valence electrons. The molecule has 1 rings (SSSR count). The van der Waals surface area contributed by atoms with Gasteiger partial charge in [0.05, 0.1) is 0 Å². The lowest BCUT2D eigenvalue weighted by Crippen LogP contribution is -2.18. The van der Waals surface area contributed by atoms with Gasteiger partial charge in [0.1, 0.15) is 17.5 Å². The molecule has 1 unspecified atom stereocenters. The lowest BCUT2D eigenvalue weighted by molar-refractivity contribution is 0.266. The molecule has 0 aliphatic heterocycles. The van der Waals surface area contributed by atoms with Gasteiger partial charge in [-0.05, 0) is 25.7 Å². The van der Waals surface area contributed by atoms with Gasteiger partial charge in [-0.25, -0.2) is 15.8 Å². The molecule has 0 radical (unpaired) electrons. The molecule has 0 saturated heterocycles. The van der Waals surface area contributed by atoms with E-state index in [0.29, 0.717) is 11.7 Å². The first-order chi connectivity index (χ1) is 9.12. The fraction of sp³-hybridized carbons (Fsp3) is 0.692. The number of aromatic nitrogens is 2. The zero-order valence-corrected chi connectivity index (χ0v) is 12.0. The summed E-state index contributed by atoms with van der Waals surface area (Å²) in [5, 5.41) is 12.2. The fourth-order valence-corrected chi connectivity index (χ4v) is 1.80. The third-order valence-corrected chi connectivity index (χ3v) is 3.04. The quantitative estimate of drug-likeness (QED) is 0.420. The van der Waals surface area contributed by atoms with Crippen molar-refractivity contribution in [1.29, 1.82) is 0 Å². The largest absolute Gasteiger partial charge is 0.396 e. The Morgan fingerprint density at radius 1 is 1.32 bits per heavy atom. The minimum atomic E-state index is 0.211. The first kappa shape index (κ1) is 15.7. The zero-order chi connectivity index (χ0) is 14.3. The number of hydrogen-bond donors (Lipinski definition) is 4. The first-order valence-corrected chi connectivity index (χ1v) is 6.81. The molecule has 0 fully saturated rings. The average Bonchev–Trinajstić information content (AvgIpc) is 2.39. The summed E-state index contributed by atoms with van der Waals surface area (Å²) in [5.41, 5.74) is 3.53. The van der Waals surface area contributed by atoms with Crippen LogP contribution in [0, 0.1) is 12.8 Å². The highest BCUT2D eigenvalue weighted by Gasteiger charge is 2.10. The van der Waals surface area contributed by atoms with Crippen molar-refractivity contribution in [2.24, 2.45) is 11.8 Å². The van der Waals surface area contributed by atoms with Crippen molar-refractivity contribution in [2.75, 3.05) is 23.9 Å². The highest BCUT2D eigenvalue weighted by Crippen LogP contribution is 2.20. The second kappa shape index (κ2) is 7.91. The van der Waals surface area contributed by atoms with Crippen LogP contribution in [0.2, 0.25) is 0 Å². The monoisotopic (exact) mass is 267 g/mol. The number of aliphatic hydroxyl groups excluding tert-OH is 1. The van der Waals surface area contributed by atoms with E-state index in [1.165, 1.54) is 0 Å². The van der Waals surface area contributed by atoms with Crippen LogP contribution in [0.1, 0.15) is 38.1 Å². The SMILES string of the molecule is CCCc1nc(NN)c(C)c(NCC(C)CCO)n1. The van der Waals surface area contributed by atoms with Crippen LogP contribution < -0.4 is 16.6 Å². The van der Waals surface area contributed by atoms with E-state index in [1.54, 1.807) is 0 Å². The molecule has 19 heavy (non-hydrogen) atoms. The molecule has 0 spiro atoms. The summed E-state index contributed by atoms with van der Waals surface area (Å²) in [6.45, 7) is 7.10. The Hall–Kier alpha value is -1.40. The molecule has 6 heteroatoms. The van der Waals surface area contributed by atoms with Crippen LogP contribution in [0.15, 0.2) is 0 Å². The van der Waals surface area contributed by atoms with Gasteiger partial charge in [0.15, 0.2) is 0 Å². The number of aryl methyl sites for hydroxylation is 1. The molecule has 1 aromatic rings. The van der Waals surface area contributed by atoms with Gasteiger partial charge in [0.25, 0.3) is 0 Å². The van der Waals surface area contributed by atoms with Crippen LogP contribution in [-0.2, 0) is 6.42 Å². The van der Waals surface area contributed by atoms with Crippen LogP contribution in [0.25, 0.3) is 0 Å². The van der Waals surface area contributed by atoms with Crippen molar-refractivity contribution in [3.8, 4) is 0 Å². The highest BCUT2D eigenvalue weighted by molar-refractivity contribution is 5.56. The molecule has 1 heterocycles. The zero-order valence-electron chi connectivity index (χ0n) is 12.0. The Balaban J connectivity index is 2.82. The molecular formula is C13H25N5O. The molecule has 0 aromatic carbocycles. The summed E-state index contributed by atoms with van der Waals surface area (Å²) in [5.74, 6) is 8.15. The summed E-state index contributed by atoms with van der Waals surface area (Å²) >= 11 is 0. The smallest absolute Gasteiger partial charge is 0.148 e. The normalized spacial score (nSPS) is 12.3. The predicted octanol–water partition coefficient (Wildman–Crippen LogP) is 1.45. The fourth-order valence-electron chi connectivity index (χ4n) is 1.80. The molecular weight excluding hydrogens is 242 g/mol. The van der Waals surface area contributed by atoms with Crippen molar-refractivity contribution in [3.63, 3.8) is 0 Å². The second-order valence-electron chi connectivity index (χ2n) is 4.85. The summed E-state index contributed by atoms with van der Waals surface area (Å²) in [6, 6.07) is 0. The van der Waals surface area contributed by atoms with Crippen molar-refractivity contribution in [3.05, 3.63) is 11.4 Å². The molecule has 0 saturated carbocycles. The van der Waals surface area contributed by atoms with Gasteiger partial charge in [0, 0.05) is 25.1 Å². The van der Waals surface area contributed by atoms with Gasteiger partial charge in [-0.3, -0.25) is 0 Å². The van der Waals surface area contributed by atoms with E-state index >= 15 is 0 Å². The van der Waals surface area contributed by atoms with Gasteiger partial charge in [-0.15, -0.1) is 0 Å². The number of rotatable bonds is 8. The Morgan fingerprint density at radius 3 is 2.58 bits per heavy atom. The Morgan fingerprint density at radius 2 is 2.00 bits per heavy atom. The standard InChI is InChI=1S/C13H25N5O/c1-4-5-11-16-12(10(3)13(17-11)18-14)15-8-9(2)6-7-19/h9,19H,4-8,14H2,1-3H3,(H2,15,16,17,18). The van der Waals surface area contributed by atoms with Gasteiger partial charge < -0.3 is 15.8 Å². The number of anilines is 2. The molecule has 5 N–H and O–H groups in total. The van der Waals surface area contributed by atoms with E-state index in [-0.39, 0.29) is 6.61 Å². The Bertz CT molecular complexity index is 397. The lowest BCUT2D eigenvalue weighted by Gasteiger charge is -2.16. The number of nitrogens with zero attached hydrogens (tertiary/aromatic N) is 2. The molecule has 1 atom stereocenters. The third kappa shape index (κ3) is 4.65. The van der Waals surface area contributed by atoms with E-state index in [1.807, 2.05) is 6.92 Å². The lowest BCUT2D eigenvalue weighted by atomic mass is 10.1. The topological polar surface area (TPSA) is 96.1 Å². The minimum absolute atomic E-state index is 0.211. The van der Waals surface area contributed by atoms with E-state index in [0.717, 1.165) is 43.0 Å². The van der Waals surface area contributed by atoms with Crippen molar-refractivity contribution >= 4 is 11.6 Å². The van der Waals surface area contributed by atoms with Crippen LogP contribution in [0.5, 0.6) is 0 Å². The van der Waals surface area contributed by atoms with Crippen molar-refractivity contribution < 1.29 is 5.11 Å².